The number of pyridine rings is 1. The van der Waals surface area contributed by atoms with Gasteiger partial charge in [0.05, 0.1) is 18.9 Å². The Morgan fingerprint density at radius 1 is 1.47 bits per heavy atom. The Kier molecular flexibility index (Phi) is 5.89. The highest BCUT2D eigenvalue weighted by atomic mass is 32.2. The van der Waals surface area contributed by atoms with E-state index in [1.54, 1.807) is 5.38 Å². The van der Waals surface area contributed by atoms with Gasteiger partial charge < -0.3 is 20.5 Å². The minimum atomic E-state index is -2.95. The molecule has 8 nitrogen and oxygen atoms in total. The van der Waals surface area contributed by atoms with E-state index >= 15 is 0 Å². The second-order valence-corrected chi connectivity index (χ2v) is 8.89. The van der Waals surface area contributed by atoms with Crippen LogP contribution in [-0.2, 0) is 10.3 Å². The summed E-state index contributed by atoms with van der Waals surface area (Å²) in [5.74, 6) is 0.784. The first-order valence-corrected chi connectivity index (χ1v) is 11.0. The summed E-state index contributed by atoms with van der Waals surface area (Å²) in [4.78, 5) is 25.6. The summed E-state index contributed by atoms with van der Waals surface area (Å²) in [5, 5.41) is 5.62. The molecule has 0 aliphatic carbocycles. The largest absolute Gasteiger partial charge is 0.433 e. The molecule has 1 amide bonds. The SMILES string of the molecule is CC1C[C@H]2CSC(N)=N[C@@]2(c2nc(NC(=O)c3ccc(OC(F)F)cn3)cs2)CO1. The Bertz CT molecular complexity index is 956. The van der Waals surface area contributed by atoms with Gasteiger partial charge in [-0.2, -0.15) is 8.78 Å². The predicted molar refractivity (Wildman–Crippen MR) is 110 cm³/mol. The first-order valence-electron chi connectivity index (χ1n) is 9.13. The van der Waals surface area contributed by atoms with Crippen LogP contribution in [0.5, 0.6) is 5.75 Å². The first-order chi connectivity index (χ1) is 14.4. The van der Waals surface area contributed by atoms with Gasteiger partial charge in [-0.1, -0.05) is 11.8 Å². The van der Waals surface area contributed by atoms with Crippen LogP contribution in [0, 0.1) is 5.92 Å². The van der Waals surface area contributed by atoms with Crippen LogP contribution in [-0.4, -0.2) is 46.1 Å². The highest BCUT2D eigenvalue weighted by Crippen LogP contribution is 2.47. The average Bonchev–Trinajstić information content (AvgIpc) is 3.17. The van der Waals surface area contributed by atoms with Crippen molar-refractivity contribution >= 4 is 40.0 Å². The summed E-state index contributed by atoms with van der Waals surface area (Å²) < 4.78 is 34.6. The third-order valence-corrected chi connectivity index (χ3v) is 6.90. The number of fused-ring (bicyclic) bond motifs is 1. The number of hydrogen-bond acceptors (Lipinski definition) is 9. The number of amidine groups is 1. The number of anilines is 1. The molecule has 1 saturated heterocycles. The topological polar surface area (TPSA) is 112 Å². The molecule has 2 aromatic rings. The normalized spacial score (nSPS) is 26.1. The number of halogens is 2. The van der Waals surface area contributed by atoms with Gasteiger partial charge >= 0.3 is 6.61 Å². The van der Waals surface area contributed by atoms with Crippen molar-refractivity contribution in [2.24, 2.45) is 16.6 Å². The van der Waals surface area contributed by atoms with Gasteiger partial charge in [-0.3, -0.25) is 4.79 Å². The smallest absolute Gasteiger partial charge is 0.387 e. The third kappa shape index (κ3) is 4.25. The summed E-state index contributed by atoms with van der Waals surface area (Å²) in [6.45, 7) is -0.535. The van der Waals surface area contributed by atoms with E-state index in [1.165, 1.54) is 35.2 Å². The van der Waals surface area contributed by atoms with Crippen LogP contribution in [0.3, 0.4) is 0 Å². The molecule has 2 aliphatic rings. The van der Waals surface area contributed by atoms with E-state index in [2.05, 4.69) is 20.0 Å². The maximum atomic E-state index is 12.4. The summed E-state index contributed by atoms with van der Waals surface area (Å²) >= 11 is 2.91. The van der Waals surface area contributed by atoms with Crippen LogP contribution in [0.25, 0.3) is 0 Å². The van der Waals surface area contributed by atoms with Gasteiger partial charge in [0, 0.05) is 17.1 Å². The Hall–Kier alpha value is -2.31. The number of aliphatic imine (C=N–C) groups is 1. The fourth-order valence-corrected chi connectivity index (χ4v) is 5.45. The van der Waals surface area contributed by atoms with Crippen molar-refractivity contribution in [1.82, 2.24) is 9.97 Å². The molecular weight excluding hydrogens is 436 g/mol. The molecule has 3 atom stereocenters. The van der Waals surface area contributed by atoms with E-state index in [4.69, 9.17) is 15.5 Å². The Morgan fingerprint density at radius 3 is 3.03 bits per heavy atom. The second kappa shape index (κ2) is 8.44. The highest BCUT2D eigenvalue weighted by Gasteiger charge is 2.49. The van der Waals surface area contributed by atoms with Gasteiger partial charge in [-0.25, -0.2) is 15.0 Å². The number of rotatable bonds is 5. The molecule has 4 rings (SSSR count). The number of nitrogens with two attached hydrogens (primary N) is 1. The molecule has 0 bridgehead atoms. The number of aromatic nitrogens is 2. The molecular formula is C18H19F2N5O3S2. The van der Waals surface area contributed by atoms with Crippen LogP contribution < -0.4 is 15.8 Å². The fraction of sp³-hybridized carbons (Fsp3) is 0.444. The Balaban J connectivity index is 1.51. The molecule has 3 N–H and O–H groups in total. The molecule has 1 unspecified atom stereocenters. The zero-order valence-electron chi connectivity index (χ0n) is 15.9. The van der Waals surface area contributed by atoms with Gasteiger partial charge in [0.15, 0.2) is 5.17 Å². The minimum absolute atomic E-state index is 0.0494. The number of carbonyl (C=O) groups is 1. The number of hydrogen-bond donors (Lipinski definition) is 2. The lowest BCUT2D eigenvalue weighted by atomic mass is 9.80. The molecule has 12 heteroatoms. The molecule has 4 heterocycles. The van der Waals surface area contributed by atoms with Gasteiger partial charge in [0.2, 0.25) is 0 Å². The summed E-state index contributed by atoms with van der Waals surface area (Å²) in [5.41, 5.74) is 5.40. The lowest BCUT2D eigenvalue weighted by molar-refractivity contribution is -0.0500. The number of nitrogens with one attached hydrogen (secondary N) is 1. The molecule has 2 aromatic heterocycles. The van der Waals surface area contributed by atoms with E-state index in [0.29, 0.717) is 17.6 Å². The number of alkyl halides is 2. The number of nitrogens with zero attached hydrogens (tertiary/aromatic N) is 3. The van der Waals surface area contributed by atoms with Crippen molar-refractivity contribution in [2.75, 3.05) is 17.7 Å². The first kappa shape index (κ1) is 20.9. The number of ether oxygens (including phenoxy) is 2. The molecule has 0 spiro atoms. The molecule has 30 heavy (non-hydrogen) atoms. The highest BCUT2D eigenvalue weighted by molar-refractivity contribution is 8.13. The Labute approximate surface area is 179 Å². The minimum Gasteiger partial charge on any atom is -0.433 e. The number of carbonyl (C=O) groups excluding carboxylic acids is 1. The van der Waals surface area contributed by atoms with E-state index in [-0.39, 0.29) is 23.5 Å². The standard InChI is InChI=1S/C18H19F2N5O3S2/c1-9-4-10-6-30-17(21)25-18(10,8-27-9)15-24-13(7-29-15)23-14(26)12-3-2-11(5-22-12)28-16(19)20/h2-3,5,7,9-10,16H,4,6,8H2,1H3,(H2,21,25)(H,23,26)/t9?,10-,18-/m0/s1. The van der Waals surface area contributed by atoms with Crippen LogP contribution in [0.1, 0.15) is 28.8 Å². The predicted octanol–water partition coefficient (Wildman–Crippen LogP) is 3.07. The maximum Gasteiger partial charge on any atom is 0.387 e. The molecule has 0 aromatic carbocycles. The van der Waals surface area contributed by atoms with E-state index in [9.17, 15) is 13.6 Å². The van der Waals surface area contributed by atoms with Gasteiger partial charge in [0.25, 0.3) is 5.91 Å². The van der Waals surface area contributed by atoms with Gasteiger partial charge in [0.1, 0.15) is 27.8 Å². The second-order valence-electron chi connectivity index (χ2n) is 6.99. The van der Waals surface area contributed by atoms with E-state index in [1.807, 2.05) is 6.92 Å². The zero-order valence-corrected chi connectivity index (χ0v) is 17.5. The van der Waals surface area contributed by atoms with Gasteiger partial charge in [-0.15, -0.1) is 11.3 Å². The zero-order chi connectivity index (χ0) is 21.3. The van der Waals surface area contributed by atoms with E-state index in [0.717, 1.165) is 23.4 Å². The molecule has 160 valence electrons. The van der Waals surface area contributed by atoms with Crippen LogP contribution >= 0.6 is 23.1 Å². The summed E-state index contributed by atoms with van der Waals surface area (Å²) in [6.07, 6.45) is 2.05. The number of thioether (sulfide) groups is 1. The van der Waals surface area contributed by atoms with Crippen LogP contribution in [0.15, 0.2) is 28.7 Å². The van der Waals surface area contributed by atoms with Crippen molar-refractivity contribution in [3.8, 4) is 5.75 Å². The fourth-order valence-electron chi connectivity index (χ4n) is 3.48. The quantitative estimate of drug-likeness (QED) is 0.713. The van der Waals surface area contributed by atoms with Crippen molar-refractivity contribution < 1.29 is 23.0 Å². The van der Waals surface area contributed by atoms with Crippen molar-refractivity contribution in [3.63, 3.8) is 0 Å². The van der Waals surface area contributed by atoms with Gasteiger partial charge in [-0.05, 0) is 25.5 Å². The monoisotopic (exact) mass is 455 g/mol. The van der Waals surface area contributed by atoms with Crippen LogP contribution in [0.2, 0.25) is 0 Å². The number of amides is 1. The van der Waals surface area contributed by atoms with E-state index < -0.39 is 18.1 Å². The molecule has 0 saturated carbocycles. The van der Waals surface area contributed by atoms with Crippen molar-refractivity contribution in [3.05, 3.63) is 34.4 Å². The third-order valence-electron chi connectivity index (χ3n) is 4.93. The molecule has 1 fully saturated rings. The lowest BCUT2D eigenvalue weighted by Gasteiger charge is -2.44. The molecule has 2 aliphatic heterocycles. The molecule has 0 radical (unpaired) electrons. The van der Waals surface area contributed by atoms with Crippen LogP contribution in [0.4, 0.5) is 14.6 Å². The number of thiazole rings is 1. The Morgan fingerprint density at radius 2 is 2.30 bits per heavy atom. The van der Waals surface area contributed by atoms with Crippen molar-refractivity contribution in [1.29, 1.82) is 0 Å². The lowest BCUT2D eigenvalue weighted by Crippen LogP contribution is -2.49. The summed E-state index contributed by atoms with van der Waals surface area (Å²) in [7, 11) is 0. The maximum absolute atomic E-state index is 12.4. The van der Waals surface area contributed by atoms with Crippen molar-refractivity contribution in [2.45, 2.75) is 31.6 Å². The summed E-state index contributed by atoms with van der Waals surface area (Å²) in [6, 6.07) is 2.55. The average molecular weight is 456 g/mol.